The van der Waals surface area contributed by atoms with Crippen molar-refractivity contribution in [2.75, 3.05) is 0 Å². The summed E-state index contributed by atoms with van der Waals surface area (Å²) in [7, 11) is 0. The van der Waals surface area contributed by atoms with Crippen molar-refractivity contribution in [2.24, 2.45) is 0 Å². The van der Waals surface area contributed by atoms with Gasteiger partial charge in [-0.2, -0.15) is 0 Å². The van der Waals surface area contributed by atoms with Gasteiger partial charge in [0.1, 0.15) is 0 Å². The number of aromatic nitrogens is 1. The summed E-state index contributed by atoms with van der Waals surface area (Å²) in [5.41, 5.74) is 16.8. The van der Waals surface area contributed by atoms with Crippen LogP contribution in [0.1, 0.15) is 11.1 Å². The van der Waals surface area contributed by atoms with Crippen LogP contribution in [0.3, 0.4) is 0 Å². The van der Waals surface area contributed by atoms with E-state index in [2.05, 4.69) is 168 Å². The van der Waals surface area contributed by atoms with Crippen LogP contribution in [0.2, 0.25) is 0 Å². The summed E-state index contributed by atoms with van der Waals surface area (Å²) < 4.78 is 2.47. The molecular formula is C43H29N. The van der Waals surface area contributed by atoms with Gasteiger partial charge in [-0.15, -0.1) is 0 Å². The largest absolute Gasteiger partial charge is 0.309 e. The Morgan fingerprint density at radius 2 is 0.841 bits per heavy atom. The van der Waals surface area contributed by atoms with Crippen molar-refractivity contribution >= 4 is 21.8 Å². The van der Waals surface area contributed by atoms with Crippen LogP contribution in [0.15, 0.2) is 164 Å². The maximum Gasteiger partial charge on any atom is 0.0541 e. The Labute approximate surface area is 257 Å². The minimum Gasteiger partial charge on any atom is -0.309 e. The monoisotopic (exact) mass is 559 g/mol. The number of rotatable bonds is 4. The second kappa shape index (κ2) is 9.97. The quantitative estimate of drug-likeness (QED) is 0.202. The third-order valence-electron chi connectivity index (χ3n) is 9.29. The molecule has 0 radical (unpaired) electrons. The predicted molar refractivity (Wildman–Crippen MR) is 185 cm³/mol. The number of fused-ring (bicyclic) bond motifs is 6. The summed E-state index contributed by atoms with van der Waals surface area (Å²) in [5.74, 6) is 0. The number of para-hydroxylation sites is 2. The summed E-state index contributed by atoms with van der Waals surface area (Å²) >= 11 is 0. The van der Waals surface area contributed by atoms with Crippen LogP contribution >= 0.6 is 0 Å². The molecule has 8 aromatic rings. The molecule has 1 aliphatic carbocycles. The van der Waals surface area contributed by atoms with Crippen LogP contribution < -0.4 is 0 Å². The first-order valence-electron chi connectivity index (χ1n) is 15.3. The number of hydrogen-bond acceptors (Lipinski definition) is 0. The molecule has 0 fully saturated rings. The van der Waals surface area contributed by atoms with Gasteiger partial charge < -0.3 is 4.57 Å². The molecule has 0 bridgehead atoms. The van der Waals surface area contributed by atoms with Gasteiger partial charge in [-0.1, -0.05) is 140 Å². The van der Waals surface area contributed by atoms with Gasteiger partial charge >= 0.3 is 0 Å². The molecule has 0 atom stereocenters. The molecule has 0 N–H and O–H groups in total. The zero-order valence-electron chi connectivity index (χ0n) is 24.2. The Balaban J connectivity index is 1.13. The molecule has 1 nitrogen and oxygen atoms in total. The summed E-state index contributed by atoms with van der Waals surface area (Å²) in [6, 6.07) is 59.7. The number of hydrogen-bond donors (Lipinski definition) is 0. The predicted octanol–water partition coefficient (Wildman–Crippen LogP) is 11.4. The molecule has 1 heterocycles. The molecule has 0 unspecified atom stereocenters. The minimum atomic E-state index is 0.911. The first-order valence-corrected chi connectivity index (χ1v) is 15.3. The first-order chi connectivity index (χ1) is 21.8. The summed E-state index contributed by atoms with van der Waals surface area (Å²) in [6.45, 7) is 0. The van der Waals surface area contributed by atoms with E-state index in [-0.39, 0.29) is 0 Å². The summed E-state index contributed by atoms with van der Waals surface area (Å²) in [6.07, 6.45) is 0.911. The van der Waals surface area contributed by atoms with Crippen molar-refractivity contribution in [2.45, 2.75) is 6.42 Å². The summed E-state index contributed by atoms with van der Waals surface area (Å²) in [5, 5.41) is 2.59. The second-order valence-corrected chi connectivity index (χ2v) is 11.7. The lowest BCUT2D eigenvalue weighted by Gasteiger charge is -2.13. The molecule has 7 aromatic carbocycles. The van der Waals surface area contributed by atoms with Crippen LogP contribution in [-0.4, -0.2) is 4.57 Å². The second-order valence-electron chi connectivity index (χ2n) is 11.7. The molecule has 0 amide bonds. The molecule has 206 valence electrons. The fourth-order valence-electron chi connectivity index (χ4n) is 7.23. The van der Waals surface area contributed by atoms with E-state index in [1.807, 2.05) is 0 Å². The molecule has 0 saturated heterocycles. The van der Waals surface area contributed by atoms with Crippen molar-refractivity contribution in [1.29, 1.82) is 0 Å². The molecule has 0 spiro atoms. The van der Waals surface area contributed by atoms with E-state index >= 15 is 0 Å². The number of benzene rings is 7. The van der Waals surface area contributed by atoms with Crippen molar-refractivity contribution < 1.29 is 0 Å². The average Bonchev–Trinajstić information content (AvgIpc) is 3.65. The fourth-order valence-corrected chi connectivity index (χ4v) is 7.23. The van der Waals surface area contributed by atoms with Crippen molar-refractivity contribution in [3.63, 3.8) is 0 Å². The molecule has 0 saturated carbocycles. The van der Waals surface area contributed by atoms with E-state index < -0.39 is 0 Å². The maximum absolute atomic E-state index is 2.47. The van der Waals surface area contributed by atoms with Crippen LogP contribution in [0, 0.1) is 0 Å². The molecule has 1 aliphatic rings. The van der Waals surface area contributed by atoms with Crippen molar-refractivity contribution in [3.05, 3.63) is 175 Å². The highest BCUT2D eigenvalue weighted by Gasteiger charge is 2.26. The smallest absolute Gasteiger partial charge is 0.0541 e. The molecule has 1 heteroatoms. The highest BCUT2D eigenvalue weighted by Crippen LogP contribution is 2.45. The molecule has 44 heavy (non-hydrogen) atoms. The Kier molecular flexibility index (Phi) is 5.64. The van der Waals surface area contributed by atoms with Gasteiger partial charge in [-0.25, -0.2) is 0 Å². The van der Waals surface area contributed by atoms with Gasteiger partial charge in [0, 0.05) is 17.2 Å². The Morgan fingerprint density at radius 1 is 0.341 bits per heavy atom. The lowest BCUT2D eigenvalue weighted by molar-refractivity contribution is 1.12. The molecule has 0 aliphatic heterocycles. The average molecular weight is 560 g/mol. The van der Waals surface area contributed by atoms with Gasteiger partial charge in [-0.05, 0) is 79.9 Å². The minimum absolute atomic E-state index is 0.911. The van der Waals surface area contributed by atoms with Gasteiger partial charge in [0.05, 0.1) is 16.7 Å². The van der Waals surface area contributed by atoms with E-state index in [1.54, 1.807) is 0 Å². The maximum atomic E-state index is 2.47. The van der Waals surface area contributed by atoms with E-state index in [0.717, 1.165) is 6.42 Å². The lowest BCUT2D eigenvalue weighted by atomic mass is 9.93. The Hall–Kier alpha value is -5.66. The van der Waals surface area contributed by atoms with Crippen LogP contribution in [0.25, 0.3) is 72.0 Å². The van der Waals surface area contributed by atoms with Gasteiger partial charge in [-0.3, -0.25) is 0 Å². The first kappa shape index (κ1) is 24.9. The number of nitrogens with zero attached hydrogens (tertiary/aromatic N) is 1. The normalized spacial score (nSPS) is 12.0. The zero-order chi connectivity index (χ0) is 29.0. The fraction of sp³-hybridized carbons (Fsp3) is 0.0233. The third kappa shape index (κ3) is 3.87. The van der Waals surface area contributed by atoms with Gasteiger partial charge in [0.25, 0.3) is 0 Å². The van der Waals surface area contributed by atoms with Crippen molar-refractivity contribution in [3.8, 4) is 50.2 Å². The topological polar surface area (TPSA) is 4.93 Å². The van der Waals surface area contributed by atoms with Gasteiger partial charge in [0.15, 0.2) is 0 Å². The third-order valence-corrected chi connectivity index (χ3v) is 9.29. The van der Waals surface area contributed by atoms with E-state index in [1.165, 1.54) is 83.1 Å². The highest BCUT2D eigenvalue weighted by atomic mass is 15.0. The Morgan fingerprint density at radius 3 is 1.57 bits per heavy atom. The van der Waals surface area contributed by atoms with E-state index in [0.29, 0.717) is 0 Å². The standard InChI is InChI=1S/C43H29N/c1-2-11-29(12-3-1)30-23-25-31(26-24-30)32-13-8-14-33(27-32)34-17-9-18-35-36-19-10-22-43(40(36)28-39(34)35)44-41-20-6-4-15-37(41)38-16-5-7-21-42(38)44/h1-27H,28H2. The van der Waals surface area contributed by atoms with Crippen LogP contribution in [0.4, 0.5) is 0 Å². The highest BCUT2D eigenvalue weighted by molar-refractivity contribution is 6.09. The summed E-state index contributed by atoms with van der Waals surface area (Å²) in [4.78, 5) is 0. The Bertz CT molecular complexity index is 2290. The van der Waals surface area contributed by atoms with E-state index in [4.69, 9.17) is 0 Å². The molecule has 1 aromatic heterocycles. The lowest BCUT2D eigenvalue weighted by Crippen LogP contribution is -1.99. The molecule has 9 rings (SSSR count). The van der Waals surface area contributed by atoms with Crippen molar-refractivity contribution in [1.82, 2.24) is 4.57 Å². The molecular weight excluding hydrogens is 530 g/mol. The van der Waals surface area contributed by atoms with Crippen LogP contribution in [-0.2, 0) is 6.42 Å². The van der Waals surface area contributed by atoms with Crippen LogP contribution in [0.5, 0.6) is 0 Å². The zero-order valence-corrected chi connectivity index (χ0v) is 24.2. The van der Waals surface area contributed by atoms with E-state index in [9.17, 15) is 0 Å². The van der Waals surface area contributed by atoms with Gasteiger partial charge in [0.2, 0.25) is 0 Å². The SMILES string of the molecule is c1ccc(-c2ccc(-c3cccc(-c4cccc5c4Cc4c-5cccc4-n4c5ccccc5c5ccccc54)c3)cc2)cc1.